The van der Waals surface area contributed by atoms with Crippen LogP contribution >= 0.6 is 0 Å². The van der Waals surface area contributed by atoms with Gasteiger partial charge in [0, 0.05) is 18.3 Å². The minimum Gasteiger partial charge on any atom is -0.508 e. The highest BCUT2D eigenvalue weighted by molar-refractivity contribution is 5.87. The second-order valence-corrected chi connectivity index (χ2v) is 8.68. The van der Waals surface area contributed by atoms with Crippen LogP contribution in [0, 0.1) is 23.2 Å². The maximum atomic E-state index is 12.9. The van der Waals surface area contributed by atoms with Gasteiger partial charge in [-0.15, -0.1) is 0 Å². The predicted octanol–water partition coefficient (Wildman–Crippen LogP) is 4.00. The fraction of sp³-hybridized carbons (Fsp3) is 0.636. The number of fused-ring (bicyclic) bond motifs is 5. The normalized spacial score (nSPS) is 35.4. The van der Waals surface area contributed by atoms with E-state index in [4.69, 9.17) is 4.74 Å². The number of hydrogen-bond acceptors (Lipinski definition) is 4. The van der Waals surface area contributed by atoms with Crippen molar-refractivity contribution in [3.05, 3.63) is 29.3 Å². The van der Waals surface area contributed by atoms with Crippen LogP contribution in [0.3, 0.4) is 0 Å². The maximum absolute atomic E-state index is 12.9. The molecule has 4 heteroatoms. The zero-order valence-electron chi connectivity index (χ0n) is 15.7. The summed E-state index contributed by atoms with van der Waals surface area (Å²) >= 11 is 0. The van der Waals surface area contributed by atoms with Crippen molar-refractivity contribution in [3.8, 4) is 5.75 Å². The lowest BCUT2D eigenvalue weighted by Crippen LogP contribution is -2.44. The first-order valence-electron chi connectivity index (χ1n) is 9.86. The Balaban J connectivity index is 1.63. The van der Waals surface area contributed by atoms with Gasteiger partial charge in [0.2, 0.25) is 0 Å². The van der Waals surface area contributed by atoms with E-state index < -0.39 is 0 Å². The molecule has 4 nitrogen and oxygen atoms in total. The van der Waals surface area contributed by atoms with Gasteiger partial charge in [0.15, 0.2) is 0 Å². The summed E-state index contributed by atoms with van der Waals surface area (Å²) in [5, 5.41) is 9.81. The highest BCUT2D eigenvalue weighted by atomic mass is 16.5. The lowest BCUT2D eigenvalue weighted by atomic mass is 9.54. The number of benzene rings is 1. The van der Waals surface area contributed by atoms with E-state index in [9.17, 15) is 14.7 Å². The van der Waals surface area contributed by atoms with Gasteiger partial charge in [-0.05, 0) is 79.0 Å². The van der Waals surface area contributed by atoms with Gasteiger partial charge in [0.25, 0.3) is 0 Å². The molecule has 0 aliphatic heterocycles. The van der Waals surface area contributed by atoms with E-state index in [0.717, 1.165) is 32.1 Å². The molecule has 26 heavy (non-hydrogen) atoms. The molecule has 140 valence electrons. The Labute approximate surface area is 154 Å². The number of ether oxygens (including phenoxy) is 1. The summed E-state index contributed by atoms with van der Waals surface area (Å²) in [7, 11) is 1.43. The van der Waals surface area contributed by atoms with E-state index in [1.165, 1.54) is 18.2 Å². The fourth-order valence-corrected chi connectivity index (χ4v) is 6.30. The van der Waals surface area contributed by atoms with E-state index in [-0.39, 0.29) is 17.3 Å². The molecule has 4 rings (SSSR count). The van der Waals surface area contributed by atoms with Gasteiger partial charge >= 0.3 is 5.97 Å². The Morgan fingerprint density at radius 1 is 1.35 bits per heavy atom. The molecule has 0 saturated heterocycles. The molecule has 2 saturated carbocycles. The third kappa shape index (κ3) is 2.65. The number of aromatic hydroxyl groups is 1. The predicted molar refractivity (Wildman–Crippen MR) is 97.9 cm³/mol. The Morgan fingerprint density at radius 2 is 2.15 bits per heavy atom. The minimum absolute atomic E-state index is 0.178. The number of phenols is 1. The van der Waals surface area contributed by atoms with Crippen LogP contribution in [0.4, 0.5) is 0 Å². The lowest BCUT2D eigenvalue weighted by molar-refractivity contribution is -0.141. The molecule has 0 aromatic heterocycles. The van der Waals surface area contributed by atoms with Crippen molar-refractivity contribution < 1.29 is 19.4 Å². The van der Waals surface area contributed by atoms with Crippen molar-refractivity contribution in [3.63, 3.8) is 0 Å². The van der Waals surface area contributed by atoms with Gasteiger partial charge in [-0.1, -0.05) is 13.0 Å². The van der Waals surface area contributed by atoms with Gasteiger partial charge in [0.1, 0.15) is 11.5 Å². The summed E-state index contributed by atoms with van der Waals surface area (Å²) in [6.07, 6.45) is 5.80. The zero-order chi connectivity index (χ0) is 18.5. The summed E-state index contributed by atoms with van der Waals surface area (Å²) in [4.78, 5) is 24.5. The molecule has 1 N–H and O–H groups in total. The first-order chi connectivity index (χ1) is 12.4. The number of aryl methyl sites for hydroxylation is 1. The standard InChI is InChI=1S/C22H28O4/c1-22-10-9-17-16-7-5-15(23)11-13(16)3-6-18(17)21(22)14(12-19(22)24)4-8-20(25)26-2/h5,7,11,14,17-18,21,23H,3-4,6,8-10,12H2,1-2H3/t14-,17?,18?,21?,22-/m1/s1. The SMILES string of the molecule is COC(=O)CC[C@@H]1CC(=O)[C@@]2(C)CCC3c4ccc(O)cc4CCC3C12. The third-order valence-corrected chi connectivity index (χ3v) is 7.50. The summed E-state index contributed by atoms with van der Waals surface area (Å²) in [5.41, 5.74) is 2.41. The average molecular weight is 356 g/mol. The fourth-order valence-electron chi connectivity index (χ4n) is 6.30. The molecule has 1 aromatic carbocycles. The molecule has 0 amide bonds. The van der Waals surface area contributed by atoms with E-state index in [1.807, 2.05) is 6.07 Å². The molecule has 0 radical (unpaired) electrons. The molecule has 0 spiro atoms. The largest absolute Gasteiger partial charge is 0.508 e. The van der Waals surface area contributed by atoms with Gasteiger partial charge in [-0.2, -0.15) is 0 Å². The Kier molecular flexibility index (Phi) is 4.32. The van der Waals surface area contributed by atoms with Crippen LogP contribution in [0.5, 0.6) is 5.75 Å². The molecule has 3 unspecified atom stereocenters. The van der Waals surface area contributed by atoms with Gasteiger partial charge in [-0.3, -0.25) is 9.59 Å². The average Bonchev–Trinajstić information content (AvgIpc) is 2.89. The van der Waals surface area contributed by atoms with Crippen molar-refractivity contribution in [2.75, 3.05) is 7.11 Å². The Bertz CT molecular complexity index is 740. The van der Waals surface area contributed by atoms with E-state index in [0.29, 0.717) is 42.1 Å². The van der Waals surface area contributed by atoms with Crippen LogP contribution in [0.2, 0.25) is 0 Å². The summed E-state index contributed by atoms with van der Waals surface area (Å²) in [6, 6.07) is 5.79. The van der Waals surface area contributed by atoms with Crippen molar-refractivity contribution in [2.24, 2.45) is 23.2 Å². The van der Waals surface area contributed by atoms with Gasteiger partial charge < -0.3 is 9.84 Å². The van der Waals surface area contributed by atoms with Crippen molar-refractivity contribution in [2.45, 2.75) is 57.8 Å². The molecule has 3 aliphatic rings. The number of carbonyl (C=O) groups excluding carboxylic acids is 2. The molecular formula is C22H28O4. The molecule has 2 fully saturated rings. The summed E-state index contributed by atoms with van der Waals surface area (Å²) < 4.78 is 4.81. The maximum Gasteiger partial charge on any atom is 0.305 e. The van der Waals surface area contributed by atoms with Crippen LogP contribution in [0.25, 0.3) is 0 Å². The van der Waals surface area contributed by atoms with Crippen molar-refractivity contribution >= 4 is 11.8 Å². The molecule has 3 aliphatic carbocycles. The quantitative estimate of drug-likeness (QED) is 0.832. The van der Waals surface area contributed by atoms with Crippen LogP contribution < -0.4 is 0 Å². The first-order valence-corrected chi connectivity index (χ1v) is 9.86. The van der Waals surface area contributed by atoms with E-state index in [1.54, 1.807) is 6.07 Å². The second kappa shape index (κ2) is 6.40. The van der Waals surface area contributed by atoms with Crippen LogP contribution in [0.15, 0.2) is 18.2 Å². The first kappa shape index (κ1) is 17.6. The van der Waals surface area contributed by atoms with Gasteiger partial charge in [-0.25, -0.2) is 0 Å². The number of esters is 1. The number of carbonyl (C=O) groups is 2. The summed E-state index contributed by atoms with van der Waals surface area (Å²) in [5.74, 6) is 2.19. The zero-order valence-corrected chi connectivity index (χ0v) is 15.7. The topological polar surface area (TPSA) is 63.6 Å². The Hall–Kier alpha value is -1.84. The summed E-state index contributed by atoms with van der Waals surface area (Å²) in [6.45, 7) is 2.17. The molecule has 0 bridgehead atoms. The number of phenolic OH excluding ortho intramolecular Hbond substituents is 1. The van der Waals surface area contributed by atoms with Crippen LogP contribution in [0.1, 0.15) is 62.5 Å². The number of Topliss-reactive ketones (excluding diaryl/α,β-unsaturated/α-hetero) is 1. The second-order valence-electron chi connectivity index (χ2n) is 8.68. The van der Waals surface area contributed by atoms with Gasteiger partial charge in [0.05, 0.1) is 7.11 Å². The molecule has 0 heterocycles. The van der Waals surface area contributed by atoms with E-state index in [2.05, 4.69) is 13.0 Å². The number of rotatable bonds is 3. The minimum atomic E-state index is -0.226. The van der Waals surface area contributed by atoms with Crippen molar-refractivity contribution in [1.82, 2.24) is 0 Å². The smallest absolute Gasteiger partial charge is 0.305 e. The van der Waals surface area contributed by atoms with Crippen LogP contribution in [-0.2, 0) is 20.7 Å². The van der Waals surface area contributed by atoms with E-state index >= 15 is 0 Å². The highest BCUT2D eigenvalue weighted by Gasteiger charge is 2.58. The molecule has 1 aromatic rings. The Morgan fingerprint density at radius 3 is 2.92 bits per heavy atom. The van der Waals surface area contributed by atoms with Crippen LogP contribution in [-0.4, -0.2) is 24.0 Å². The highest BCUT2D eigenvalue weighted by Crippen LogP contribution is 2.62. The number of hydrogen-bond donors (Lipinski definition) is 1. The molecular weight excluding hydrogens is 328 g/mol. The third-order valence-electron chi connectivity index (χ3n) is 7.50. The van der Waals surface area contributed by atoms with Crippen molar-refractivity contribution in [1.29, 1.82) is 0 Å². The molecule has 5 atom stereocenters. The number of methoxy groups -OCH3 is 1. The monoisotopic (exact) mass is 356 g/mol. The number of ketones is 1. The lowest BCUT2D eigenvalue weighted by Gasteiger charge is -2.50.